The number of rotatable bonds is 5. The molecular formula is C17H19N5O5. The molecule has 0 aliphatic carbocycles. The smallest absolute Gasteiger partial charge is 0.333 e. The number of aromatic nitrogens is 4. The third kappa shape index (κ3) is 2.73. The van der Waals surface area contributed by atoms with E-state index >= 15 is 0 Å². The maximum Gasteiger partial charge on any atom is 0.333 e. The van der Waals surface area contributed by atoms with Gasteiger partial charge in [0.25, 0.3) is 5.56 Å². The van der Waals surface area contributed by atoms with E-state index in [2.05, 4.69) is 4.98 Å². The molecule has 1 aliphatic rings. The van der Waals surface area contributed by atoms with Crippen LogP contribution in [0.25, 0.3) is 11.2 Å². The lowest BCUT2D eigenvalue weighted by atomic mass is 10.4. The molecule has 0 unspecified atom stereocenters. The first-order chi connectivity index (χ1) is 13.0. The molecule has 0 radical (unpaired) electrons. The van der Waals surface area contributed by atoms with Gasteiger partial charge in [-0.05, 0) is 19.1 Å². The Morgan fingerprint density at radius 1 is 1.33 bits per heavy atom. The Hall–Kier alpha value is -3.30. The third-order valence-corrected chi connectivity index (χ3v) is 4.61. The first kappa shape index (κ1) is 17.1. The Bertz CT molecular complexity index is 1120. The number of carbonyl (C=O) groups is 1. The zero-order chi connectivity index (χ0) is 19.1. The van der Waals surface area contributed by atoms with E-state index < -0.39 is 23.8 Å². The Labute approximate surface area is 153 Å². The number of hydrogen-bond acceptors (Lipinski definition) is 7. The SMILES string of the molecule is CCOC(=O)Cn1c(=O)c2c(nc3n2CCN3Cc2ccco2)n(C)c1=O. The van der Waals surface area contributed by atoms with Gasteiger partial charge < -0.3 is 18.6 Å². The summed E-state index contributed by atoms with van der Waals surface area (Å²) in [5.74, 6) is 0.753. The highest BCUT2D eigenvalue weighted by atomic mass is 16.5. The first-order valence-electron chi connectivity index (χ1n) is 8.64. The largest absolute Gasteiger partial charge is 0.467 e. The molecule has 0 saturated carbocycles. The second-order valence-electron chi connectivity index (χ2n) is 6.27. The van der Waals surface area contributed by atoms with E-state index in [1.54, 1.807) is 17.8 Å². The normalized spacial score (nSPS) is 13.3. The van der Waals surface area contributed by atoms with Gasteiger partial charge in [0.1, 0.15) is 12.3 Å². The number of furan rings is 1. The third-order valence-electron chi connectivity index (χ3n) is 4.61. The van der Waals surface area contributed by atoms with Gasteiger partial charge in [0, 0.05) is 20.1 Å². The van der Waals surface area contributed by atoms with Crippen LogP contribution in [0.1, 0.15) is 12.7 Å². The minimum absolute atomic E-state index is 0.181. The van der Waals surface area contributed by atoms with Crippen molar-refractivity contribution in [2.24, 2.45) is 7.05 Å². The van der Waals surface area contributed by atoms with E-state index in [1.165, 1.54) is 11.6 Å². The maximum absolute atomic E-state index is 12.9. The minimum atomic E-state index is -0.628. The van der Waals surface area contributed by atoms with Crippen molar-refractivity contribution in [2.45, 2.75) is 26.6 Å². The topological polar surface area (TPSA) is 104 Å². The molecule has 0 aromatic carbocycles. The quantitative estimate of drug-likeness (QED) is 0.583. The van der Waals surface area contributed by atoms with Crippen molar-refractivity contribution in [1.82, 2.24) is 18.7 Å². The summed E-state index contributed by atoms with van der Waals surface area (Å²) in [7, 11) is 1.53. The van der Waals surface area contributed by atoms with E-state index in [9.17, 15) is 14.4 Å². The Kier molecular flexibility index (Phi) is 4.09. The Balaban J connectivity index is 1.81. The number of carbonyl (C=O) groups excluding carboxylic acids is 1. The molecule has 3 aromatic heterocycles. The summed E-state index contributed by atoms with van der Waals surface area (Å²) in [6, 6.07) is 3.68. The van der Waals surface area contributed by atoms with Crippen LogP contribution in [0.2, 0.25) is 0 Å². The molecule has 0 bridgehead atoms. The van der Waals surface area contributed by atoms with Gasteiger partial charge in [-0.2, -0.15) is 4.98 Å². The zero-order valence-electron chi connectivity index (χ0n) is 15.0. The number of hydrogen-bond donors (Lipinski definition) is 0. The first-order valence-corrected chi connectivity index (χ1v) is 8.64. The summed E-state index contributed by atoms with van der Waals surface area (Å²) >= 11 is 0. The van der Waals surface area contributed by atoms with Crippen LogP contribution in [0.3, 0.4) is 0 Å². The van der Waals surface area contributed by atoms with Crippen LogP contribution in [-0.2, 0) is 36.2 Å². The summed E-state index contributed by atoms with van der Waals surface area (Å²) < 4.78 is 14.2. The monoisotopic (exact) mass is 373 g/mol. The van der Waals surface area contributed by atoms with Crippen LogP contribution >= 0.6 is 0 Å². The van der Waals surface area contributed by atoms with Gasteiger partial charge in [-0.1, -0.05) is 0 Å². The number of ether oxygens (including phenoxy) is 1. The summed E-state index contributed by atoms with van der Waals surface area (Å²) in [5.41, 5.74) is -0.544. The molecule has 0 N–H and O–H groups in total. The fourth-order valence-electron chi connectivity index (χ4n) is 3.35. The molecule has 4 heterocycles. The molecular weight excluding hydrogens is 354 g/mol. The molecule has 142 valence electrons. The standard InChI is InChI=1S/C17H19N5O5/c1-3-26-12(23)10-22-15(24)13-14(19(2)17(22)25)18-16-20(6-7-21(13)16)9-11-5-4-8-27-11/h4-5,8H,3,6-7,9-10H2,1-2H3. The van der Waals surface area contributed by atoms with Gasteiger partial charge in [0.05, 0.1) is 19.4 Å². The number of esters is 1. The molecule has 0 amide bonds. The number of fused-ring (bicyclic) bond motifs is 3. The number of imidazole rings is 1. The molecule has 0 saturated heterocycles. The van der Waals surface area contributed by atoms with Crippen molar-refractivity contribution >= 4 is 23.1 Å². The fourth-order valence-corrected chi connectivity index (χ4v) is 3.35. The molecule has 27 heavy (non-hydrogen) atoms. The van der Waals surface area contributed by atoms with E-state index in [1.807, 2.05) is 17.0 Å². The second kappa shape index (κ2) is 6.45. The van der Waals surface area contributed by atoms with Crippen molar-refractivity contribution in [3.8, 4) is 0 Å². The lowest BCUT2D eigenvalue weighted by Crippen LogP contribution is -2.41. The van der Waals surface area contributed by atoms with Gasteiger partial charge in [0.2, 0.25) is 5.95 Å². The summed E-state index contributed by atoms with van der Waals surface area (Å²) in [6.45, 7) is 3.16. The minimum Gasteiger partial charge on any atom is -0.467 e. The maximum atomic E-state index is 12.9. The van der Waals surface area contributed by atoms with Crippen LogP contribution in [0, 0.1) is 0 Å². The van der Waals surface area contributed by atoms with E-state index in [0.29, 0.717) is 36.7 Å². The number of aryl methyl sites for hydroxylation is 1. The predicted octanol–water partition coefficient (Wildman–Crippen LogP) is 0.0730. The molecule has 10 heteroatoms. The van der Waals surface area contributed by atoms with Crippen molar-refractivity contribution in [3.63, 3.8) is 0 Å². The van der Waals surface area contributed by atoms with Crippen LogP contribution in [-0.4, -0.2) is 37.8 Å². The van der Waals surface area contributed by atoms with Crippen LogP contribution in [0.15, 0.2) is 32.4 Å². The van der Waals surface area contributed by atoms with Crippen LogP contribution < -0.4 is 16.1 Å². The summed E-state index contributed by atoms with van der Waals surface area (Å²) in [4.78, 5) is 43.8. The van der Waals surface area contributed by atoms with Crippen molar-refractivity contribution < 1.29 is 13.9 Å². The van der Waals surface area contributed by atoms with Gasteiger partial charge in [-0.15, -0.1) is 0 Å². The van der Waals surface area contributed by atoms with Gasteiger partial charge in [-0.3, -0.25) is 14.2 Å². The summed E-state index contributed by atoms with van der Waals surface area (Å²) in [6.07, 6.45) is 1.60. The lowest BCUT2D eigenvalue weighted by Gasteiger charge is -2.13. The van der Waals surface area contributed by atoms with E-state index in [0.717, 1.165) is 10.3 Å². The molecule has 1 aliphatic heterocycles. The molecule has 0 atom stereocenters. The fraction of sp³-hybridized carbons (Fsp3) is 0.412. The van der Waals surface area contributed by atoms with E-state index in [-0.39, 0.29) is 6.61 Å². The molecule has 4 rings (SSSR count). The van der Waals surface area contributed by atoms with Gasteiger partial charge in [-0.25, -0.2) is 9.36 Å². The van der Waals surface area contributed by atoms with Crippen LogP contribution in [0.4, 0.5) is 5.95 Å². The number of nitrogens with zero attached hydrogens (tertiary/aromatic N) is 5. The highest BCUT2D eigenvalue weighted by Gasteiger charge is 2.28. The lowest BCUT2D eigenvalue weighted by molar-refractivity contribution is -0.143. The van der Waals surface area contributed by atoms with Crippen molar-refractivity contribution in [1.29, 1.82) is 0 Å². The molecule has 10 nitrogen and oxygen atoms in total. The van der Waals surface area contributed by atoms with Crippen molar-refractivity contribution in [3.05, 3.63) is 45.0 Å². The highest BCUT2D eigenvalue weighted by molar-refractivity contribution is 5.76. The Morgan fingerprint density at radius 3 is 2.85 bits per heavy atom. The summed E-state index contributed by atoms with van der Waals surface area (Å²) in [5, 5.41) is 0. The average molecular weight is 373 g/mol. The molecule has 0 spiro atoms. The number of anilines is 1. The Morgan fingerprint density at radius 2 is 2.15 bits per heavy atom. The highest BCUT2D eigenvalue weighted by Crippen LogP contribution is 2.26. The van der Waals surface area contributed by atoms with Gasteiger partial charge >= 0.3 is 11.7 Å². The van der Waals surface area contributed by atoms with E-state index in [4.69, 9.17) is 9.15 Å². The average Bonchev–Trinajstić information content (AvgIpc) is 3.35. The van der Waals surface area contributed by atoms with Gasteiger partial charge in [0.15, 0.2) is 11.2 Å². The molecule has 0 fully saturated rings. The molecule has 3 aromatic rings. The van der Waals surface area contributed by atoms with Crippen molar-refractivity contribution in [2.75, 3.05) is 18.1 Å². The predicted molar refractivity (Wildman–Crippen MR) is 95.6 cm³/mol. The zero-order valence-corrected chi connectivity index (χ0v) is 15.0. The van der Waals surface area contributed by atoms with Crippen LogP contribution in [0.5, 0.6) is 0 Å². The second-order valence-corrected chi connectivity index (χ2v) is 6.27.